The Morgan fingerprint density at radius 1 is 1.50 bits per heavy atom. The molecule has 7 heteroatoms. The Hall–Kier alpha value is -1.63. The zero-order valence-corrected chi connectivity index (χ0v) is 12.9. The summed E-state index contributed by atoms with van der Waals surface area (Å²) in [6.45, 7) is 3.76. The summed E-state index contributed by atoms with van der Waals surface area (Å²) >= 11 is 3.13. The molecule has 2 aromatic rings. The van der Waals surface area contributed by atoms with Gasteiger partial charge in [-0.1, -0.05) is 13.8 Å². The first kappa shape index (κ1) is 14.8. The average molecular weight is 344 g/mol. The van der Waals surface area contributed by atoms with Crippen molar-refractivity contribution in [2.45, 2.75) is 19.9 Å². The number of hydrogen-bond acceptors (Lipinski definition) is 4. The van der Waals surface area contributed by atoms with Gasteiger partial charge in [-0.05, 0) is 27.9 Å². The third kappa shape index (κ3) is 2.37. The van der Waals surface area contributed by atoms with Crippen molar-refractivity contribution < 1.29 is 13.9 Å². The number of ether oxygens (including phenoxy) is 1. The van der Waals surface area contributed by atoms with Gasteiger partial charge in [0, 0.05) is 6.07 Å². The van der Waals surface area contributed by atoms with Gasteiger partial charge in [0.1, 0.15) is 11.9 Å². The molecule has 5 nitrogen and oxygen atoms in total. The van der Waals surface area contributed by atoms with Gasteiger partial charge in [0.2, 0.25) is 5.95 Å². The number of esters is 1. The number of fused-ring (bicyclic) bond motifs is 1. The summed E-state index contributed by atoms with van der Waals surface area (Å²) in [5.74, 6) is -0.736. The highest BCUT2D eigenvalue weighted by molar-refractivity contribution is 9.10. The van der Waals surface area contributed by atoms with Crippen LogP contribution in [0.15, 0.2) is 16.6 Å². The lowest BCUT2D eigenvalue weighted by atomic mass is 10.0. The van der Waals surface area contributed by atoms with Gasteiger partial charge in [0.25, 0.3) is 0 Å². The number of rotatable bonds is 3. The van der Waals surface area contributed by atoms with Gasteiger partial charge in [0.15, 0.2) is 0 Å². The number of nitrogens with zero attached hydrogens (tertiary/aromatic N) is 2. The number of carbonyl (C=O) groups is 1. The molecule has 0 spiro atoms. The predicted octanol–water partition coefficient (Wildman–Crippen LogP) is 2.89. The molecule has 0 amide bonds. The number of nitrogen functional groups attached to an aromatic ring is 1. The first-order chi connectivity index (χ1) is 9.36. The quantitative estimate of drug-likeness (QED) is 0.870. The fraction of sp³-hybridized carbons (Fsp3) is 0.385. The van der Waals surface area contributed by atoms with E-state index in [4.69, 9.17) is 10.5 Å². The van der Waals surface area contributed by atoms with E-state index in [2.05, 4.69) is 20.9 Å². The second-order valence-corrected chi connectivity index (χ2v) is 5.66. The maximum Gasteiger partial charge on any atom is 0.329 e. The molecular formula is C13H15BrFN3O2. The Morgan fingerprint density at radius 3 is 2.70 bits per heavy atom. The summed E-state index contributed by atoms with van der Waals surface area (Å²) in [4.78, 5) is 16.1. The smallest absolute Gasteiger partial charge is 0.329 e. The van der Waals surface area contributed by atoms with Crippen molar-refractivity contribution in [1.82, 2.24) is 9.55 Å². The normalized spacial score (nSPS) is 12.9. The highest BCUT2D eigenvalue weighted by Gasteiger charge is 2.29. The SMILES string of the molecule is COC(=O)C(C(C)C)n1c(N)nc2cc(F)c(Br)cc21. The molecule has 0 aliphatic carbocycles. The van der Waals surface area contributed by atoms with Crippen molar-refractivity contribution in [3.8, 4) is 0 Å². The summed E-state index contributed by atoms with van der Waals surface area (Å²) in [6.07, 6.45) is 0. The van der Waals surface area contributed by atoms with Crippen LogP contribution in [0.25, 0.3) is 11.0 Å². The summed E-state index contributed by atoms with van der Waals surface area (Å²) in [6, 6.07) is 2.23. The van der Waals surface area contributed by atoms with Crippen molar-refractivity contribution >= 4 is 38.9 Å². The van der Waals surface area contributed by atoms with E-state index in [1.807, 2.05) is 13.8 Å². The molecule has 1 aromatic carbocycles. The molecule has 0 saturated heterocycles. The molecular weight excluding hydrogens is 329 g/mol. The zero-order chi connectivity index (χ0) is 15.0. The predicted molar refractivity (Wildman–Crippen MR) is 77.7 cm³/mol. The topological polar surface area (TPSA) is 70.1 Å². The lowest BCUT2D eigenvalue weighted by molar-refractivity contribution is -0.145. The fourth-order valence-electron chi connectivity index (χ4n) is 2.20. The van der Waals surface area contributed by atoms with Gasteiger partial charge in [-0.25, -0.2) is 14.2 Å². The largest absolute Gasteiger partial charge is 0.467 e. The second-order valence-electron chi connectivity index (χ2n) is 4.81. The maximum atomic E-state index is 13.5. The van der Waals surface area contributed by atoms with E-state index in [1.54, 1.807) is 10.6 Å². The Morgan fingerprint density at radius 2 is 2.15 bits per heavy atom. The van der Waals surface area contributed by atoms with Crippen molar-refractivity contribution in [3.63, 3.8) is 0 Å². The number of imidazole rings is 1. The lowest BCUT2D eigenvalue weighted by Crippen LogP contribution is -2.26. The van der Waals surface area contributed by atoms with Crippen LogP contribution in [0.3, 0.4) is 0 Å². The van der Waals surface area contributed by atoms with Crippen LogP contribution in [0.1, 0.15) is 19.9 Å². The van der Waals surface area contributed by atoms with Crippen LogP contribution in [-0.2, 0) is 9.53 Å². The van der Waals surface area contributed by atoms with E-state index in [-0.39, 0.29) is 11.9 Å². The van der Waals surface area contributed by atoms with Gasteiger partial charge in [0.05, 0.1) is 22.6 Å². The van der Waals surface area contributed by atoms with E-state index in [1.165, 1.54) is 13.2 Å². The molecule has 0 aliphatic rings. The number of aromatic nitrogens is 2. The number of methoxy groups -OCH3 is 1. The molecule has 0 fully saturated rings. The Kier molecular flexibility index (Phi) is 3.99. The fourth-order valence-corrected chi connectivity index (χ4v) is 2.53. The third-order valence-electron chi connectivity index (χ3n) is 3.11. The standard InChI is InChI=1S/C13H15BrFN3O2/c1-6(2)11(12(19)20-3)18-10-4-7(14)8(15)5-9(10)17-13(18)16/h4-6,11H,1-3H3,(H2,16,17). The first-order valence-electron chi connectivity index (χ1n) is 6.07. The minimum atomic E-state index is -0.609. The van der Waals surface area contributed by atoms with Gasteiger partial charge in [-0.3, -0.25) is 4.57 Å². The molecule has 1 aromatic heterocycles. The molecule has 2 N–H and O–H groups in total. The summed E-state index contributed by atoms with van der Waals surface area (Å²) < 4.78 is 20.2. The highest BCUT2D eigenvalue weighted by atomic mass is 79.9. The van der Waals surface area contributed by atoms with Crippen molar-refractivity contribution in [2.75, 3.05) is 12.8 Å². The first-order valence-corrected chi connectivity index (χ1v) is 6.86. The number of halogens is 2. The minimum absolute atomic E-state index is 0.0500. The average Bonchev–Trinajstić information content (AvgIpc) is 2.66. The van der Waals surface area contributed by atoms with E-state index in [0.29, 0.717) is 15.5 Å². The molecule has 0 radical (unpaired) electrons. The van der Waals surface area contributed by atoms with Crippen molar-refractivity contribution in [1.29, 1.82) is 0 Å². The molecule has 0 aliphatic heterocycles. The molecule has 0 saturated carbocycles. The van der Waals surface area contributed by atoms with Gasteiger partial charge < -0.3 is 10.5 Å². The van der Waals surface area contributed by atoms with E-state index in [9.17, 15) is 9.18 Å². The summed E-state index contributed by atoms with van der Waals surface area (Å²) in [5.41, 5.74) is 6.87. The van der Waals surface area contributed by atoms with E-state index in [0.717, 1.165) is 0 Å². The Labute approximate surface area is 124 Å². The Bertz CT molecular complexity index is 669. The lowest BCUT2D eigenvalue weighted by Gasteiger charge is -2.21. The van der Waals surface area contributed by atoms with Gasteiger partial charge in [-0.2, -0.15) is 0 Å². The molecule has 108 valence electrons. The number of benzene rings is 1. The monoisotopic (exact) mass is 343 g/mol. The molecule has 2 rings (SSSR count). The summed E-state index contributed by atoms with van der Waals surface area (Å²) in [7, 11) is 1.32. The van der Waals surface area contributed by atoms with Crippen molar-refractivity contribution in [3.05, 3.63) is 22.4 Å². The van der Waals surface area contributed by atoms with Crippen LogP contribution >= 0.6 is 15.9 Å². The van der Waals surface area contributed by atoms with Crippen LogP contribution in [0, 0.1) is 11.7 Å². The van der Waals surface area contributed by atoms with Crippen LogP contribution < -0.4 is 5.73 Å². The maximum absolute atomic E-state index is 13.5. The molecule has 20 heavy (non-hydrogen) atoms. The van der Waals surface area contributed by atoms with Crippen LogP contribution in [0.2, 0.25) is 0 Å². The number of hydrogen-bond donors (Lipinski definition) is 1. The van der Waals surface area contributed by atoms with E-state index < -0.39 is 17.8 Å². The van der Waals surface area contributed by atoms with Crippen molar-refractivity contribution in [2.24, 2.45) is 5.92 Å². The number of carbonyl (C=O) groups excluding carboxylic acids is 1. The summed E-state index contributed by atoms with van der Waals surface area (Å²) in [5, 5.41) is 0. The minimum Gasteiger partial charge on any atom is -0.467 e. The van der Waals surface area contributed by atoms with Gasteiger partial charge >= 0.3 is 5.97 Å². The Balaban J connectivity index is 2.71. The second kappa shape index (κ2) is 5.40. The molecule has 1 heterocycles. The molecule has 1 atom stereocenters. The third-order valence-corrected chi connectivity index (χ3v) is 3.72. The number of anilines is 1. The van der Waals surface area contributed by atoms with Crippen LogP contribution in [-0.4, -0.2) is 22.6 Å². The zero-order valence-electron chi connectivity index (χ0n) is 11.4. The highest BCUT2D eigenvalue weighted by Crippen LogP contribution is 2.31. The molecule has 0 bridgehead atoms. The number of nitrogens with two attached hydrogens (primary N) is 1. The molecule has 1 unspecified atom stereocenters. The van der Waals surface area contributed by atoms with Crippen LogP contribution in [0.5, 0.6) is 0 Å². The van der Waals surface area contributed by atoms with Gasteiger partial charge in [-0.15, -0.1) is 0 Å². The van der Waals surface area contributed by atoms with E-state index >= 15 is 0 Å². The van der Waals surface area contributed by atoms with Crippen LogP contribution in [0.4, 0.5) is 10.3 Å².